The number of nitrogens with one attached hydrogen (secondary N) is 1. The number of nitro benzene ring substituents is 1. The lowest BCUT2D eigenvalue weighted by molar-refractivity contribution is -0.385. The van der Waals surface area contributed by atoms with Crippen molar-refractivity contribution in [3.05, 3.63) is 33.9 Å². The van der Waals surface area contributed by atoms with Crippen molar-refractivity contribution in [1.82, 2.24) is 9.62 Å². The SMILES string of the molecule is CCC(CC)C(CNS(=O)(=O)c1ccc(C)c([N+](=O)[O-])c1)N1CCOCC1. The van der Waals surface area contributed by atoms with E-state index in [1.807, 2.05) is 0 Å². The molecule has 1 aliphatic rings. The van der Waals surface area contributed by atoms with Crippen molar-refractivity contribution < 1.29 is 18.1 Å². The lowest BCUT2D eigenvalue weighted by Crippen LogP contribution is -2.52. The number of hydrogen-bond acceptors (Lipinski definition) is 6. The maximum atomic E-state index is 12.7. The molecule has 0 radical (unpaired) electrons. The van der Waals surface area contributed by atoms with Crippen LogP contribution < -0.4 is 4.72 Å². The molecule has 2 rings (SSSR count). The first kappa shape index (κ1) is 21.7. The van der Waals surface area contributed by atoms with Crippen LogP contribution in [-0.2, 0) is 14.8 Å². The molecule has 0 spiro atoms. The van der Waals surface area contributed by atoms with Gasteiger partial charge in [0.15, 0.2) is 0 Å². The monoisotopic (exact) mass is 399 g/mol. The molecule has 9 heteroatoms. The number of benzene rings is 1. The Morgan fingerprint density at radius 1 is 1.26 bits per heavy atom. The van der Waals surface area contributed by atoms with Crippen LogP contribution in [0.1, 0.15) is 32.3 Å². The second-order valence-corrected chi connectivity index (χ2v) is 8.62. The van der Waals surface area contributed by atoms with E-state index >= 15 is 0 Å². The predicted molar refractivity (Wildman–Crippen MR) is 103 cm³/mol. The minimum absolute atomic E-state index is 0.0686. The van der Waals surface area contributed by atoms with Crippen LogP contribution >= 0.6 is 0 Å². The van der Waals surface area contributed by atoms with Gasteiger partial charge in [-0.2, -0.15) is 0 Å². The molecule has 1 saturated heterocycles. The van der Waals surface area contributed by atoms with Crippen LogP contribution in [0.25, 0.3) is 0 Å². The number of sulfonamides is 1. The number of hydrogen-bond donors (Lipinski definition) is 1. The standard InChI is InChI=1S/C18H29N3O5S/c1-4-15(5-2)18(20-8-10-26-11-9-20)13-19-27(24,25)16-7-6-14(3)17(12-16)21(22)23/h6-7,12,15,18-19H,4-5,8-11,13H2,1-3H3. The fourth-order valence-corrected chi connectivity index (χ4v) is 4.64. The summed E-state index contributed by atoms with van der Waals surface area (Å²) in [6.07, 6.45) is 1.91. The molecule has 1 unspecified atom stereocenters. The Labute approximate surface area is 161 Å². The van der Waals surface area contributed by atoms with Gasteiger partial charge >= 0.3 is 0 Å². The van der Waals surface area contributed by atoms with E-state index in [1.54, 1.807) is 6.92 Å². The summed E-state index contributed by atoms with van der Waals surface area (Å²) in [6.45, 7) is 8.93. The van der Waals surface area contributed by atoms with E-state index in [4.69, 9.17) is 4.74 Å². The molecule has 0 amide bonds. The lowest BCUT2D eigenvalue weighted by atomic mass is 9.92. The number of nitrogens with zero attached hydrogens (tertiary/aromatic N) is 2. The van der Waals surface area contributed by atoms with E-state index < -0.39 is 14.9 Å². The van der Waals surface area contributed by atoms with Gasteiger partial charge in [0.25, 0.3) is 5.69 Å². The number of ether oxygens (including phenoxy) is 1. The van der Waals surface area contributed by atoms with Crippen LogP contribution in [0, 0.1) is 23.0 Å². The molecule has 0 saturated carbocycles. The summed E-state index contributed by atoms with van der Waals surface area (Å²) < 4.78 is 33.5. The smallest absolute Gasteiger partial charge is 0.273 e. The van der Waals surface area contributed by atoms with Gasteiger partial charge in [-0.25, -0.2) is 13.1 Å². The molecule has 8 nitrogen and oxygen atoms in total. The minimum Gasteiger partial charge on any atom is -0.379 e. The second kappa shape index (κ2) is 9.59. The fraction of sp³-hybridized carbons (Fsp3) is 0.667. The lowest BCUT2D eigenvalue weighted by Gasteiger charge is -2.38. The Morgan fingerprint density at radius 2 is 1.89 bits per heavy atom. The van der Waals surface area contributed by atoms with Crippen molar-refractivity contribution in [1.29, 1.82) is 0 Å². The summed E-state index contributed by atoms with van der Waals surface area (Å²) in [7, 11) is -3.83. The van der Waals surface area contributed by atoms with Crippen molar-refractivity contribution in [2.45, 2.75) is 44.6 Å². The molecule has 1 fully saturated rings. The van der Waals surface area contributed by atoms with Gasteiger partial charge in [-0.15, -0.1) is 0 Å². The van der Waals surface area contributed by atoms with Crippen molar-refractivity contribution in [3.63, 3.8) is 0 Å². The molecule has 0 bridgehead atoms. The Bertz CT molecular complexity index is 743. The summed E-state index contributed by atoms with van der Waals surface area (Å²) in [5.41, 5.74) is 0.241. The third-order valence-corrected chi connectivity index (χ3v) is 6.70. The molecule has 1 aromatic carbocycles. The molecule has 152 valence electrons. The van der Waals surface area contributed by atoms with E-state index in [2.05, 4.69) is 23.5 Å². The largest absolute Gasteiger partial charge is 0.379 e. The van der Waals surface area contributed by atoms with Gasteiger partial charge in [0.1, 0.15) is 0 Å². The highest BCUT2D eigenvalue weighted by Gasteiger charge is 2.29. The molecule has 1 aliphatic heterocycles. The van der Waals surface area contributed by atoms with Gasteiger partial charge in [-0.1, -0.05) is 32.8 Å². The zero-order chi connectivity index (χ0) is 20.0. The van der Waals surface area contributed by atoms with E-state index in [1.165, 1.54) is 12.1 Å². The van der Waals surface area contributed by atoms with Gasteiger partial charge in [-0.05, 0) is 18.9 Å². The van der Waals surface area contributed by atoms with Crippen LogP contribution in [0.2, 0.25) is 0 Å². The Kier molecular flexibility index (Phi) is 7.72. The van der Waals surface area contributed by atoms with Gasteiger partial charge in [-0.3, -0.25) is 15.0 Å². The molecule has 1 aromatic rings. The zero-order valence-electron chi connectivity index (χ0n) is 16.2. The Balaban J connectivity index is 2.19. The normalized spacial score (nSPS) is 17.2. The van der Waals surface area contributed by atoms with Crippen LogP contribution in [-0.4, -0.2) is 57.1 Å². The van der Waals surface area contributed by atoms with Gasteiger partial charge in [0, 0.05) is 37.3 Å². The highest BCUT2D eigenvalue weighted by atomic mass is 32.2. The first-order valence-corrected chi connectivity index (χ1v) is 10.8. The van der Waals surface area contributed by atoms with E-state index in [0.717, 1.165) is 32.0 Å². The van der Waals surface area contributed by atoms with E-state index in [9.17, 15) is 18.5 Å². The average Bonchev–Trinajstić information content (AvgIpc) is 2.65. The van der Waals surface area contributed by atoms with Crippen molar-refractivity contribution >= 4 is 15.7 Å². The maximum absolute atomic E-state index is 12.7. The van der Waals surface area contributed by atoms with Gasteiger partial charge < -0.3 is 4.74 Å². The summed E-state index contributed by atoms with van der Waals surface area (Å²) >= 11 is 0. The average molecular weight is 400 g/mol. The summed E-state index contributed by atoms with van der Waals surface area (Å²) in [5.74, 6) is 0.359. The Morgan fingerprint density at radius 3 is 2.44 bits per heavy atom. The van der Waals surface area contributed by atoms with Crippen molar-refractivity contribution in [2.24, 2.45) is 5.92 Å². The van der Waals surface area contributed by atoms with Crippen molar-refractivity contribution in [2.75, 3.05) is 32.8 Å². The van der Waals surface area contributed by atoms with Crippen LogP contribution in [0.5, 0.6) is 0 Å². The van der Waals surface area contributed by atoms with E-state index in [-0.39, 0.29) is 23.2 Å². The third-order valence-electron chi connectivity index (χ3n) is 5.28. The van der Waals surface area contributed by atoms with Crippen molar-refractivity contribution in [3.8, 4) is 0 Å². The molecule has 1 heterocycles. The third kappa shape index (κ3) is 5.47. The molecule has 0 aliphatic carbocycles. The molecule has 27 heavy (non-hydrogen) atoms. The maximum Gasteiger partial charge on any atom is 0.273 e. The first-order valence-electron chi connectivity index (χ1n) is 9.36. The van der Waals surface area contributed by atoms with Gasteiger partial charge in [0.05, 0.1) is 23.0 Å². The Hall–Kier alpha value is -1.55. The highest BCUT2D eigenvalue weighted by Crippen LogP contribution is 2.23. The summed E-state index contributed by atoms with van der Waals surface area (Å²) in [4.78, 5) is 12.8. The predicted octanol–water partition coefficient (Wildman–Crippen LogP) is 2.32. The zero-order valence-corrected chi connectivity index (χ0v) is 17.0. The first-order chi connectivity index (χ1) is 12.8. The topological polar surface area (TPSA) is 102 Å². The van der Waals surface area contributed by atoms with Crippen LogP contribution in [0.15, 0.2) is 23.1 Å². The summed E-state index contributed by atoms with van der Waals surface area (Å²) in [5, 5.41) is 11.1. The van der Waals surface area contributed by atoms with Crippen LogP contribution in [0.3, 0.4) is 0 Å². The number of aryl methyl sites for hydroxylation is 1. The fourth-order valence-electron chi connectivity index (χ4n) is 3.57. The summed E-state index contributed by atoms with van der Waals surface area (Å²) in [6, 6.07) is 4.07. The quantitative estimate of drug-likeness (QED) is 0.505. The number of nitro groups is 1. The number of morpholine rings is 1. The molecular formula is C18H29N3O5S. The minimum atomic E-state index is -3.83. The highest BCUT2D eigenvalue weighted by molar-refractivity contribution is 7.89. The van der Waals surface area contributed by atoms with Crippen LogP contribution in [0.4, 0.5) is 5.69 Å². The molecule has 1 N–H and O–H groups in total. The van der Waals surface area contributed by atoms with Gasteiger partial charge in [0.2, 0.25) is 10.0 Å². The number of rotatable bonds is 9. The van der Waals surface area contributed by atoms with E-state index in [0.29, 0.717) is 24.7 Å². The molecule has 0 aromatic heterocycles. The molecular weight excluding hydrogens is 370 g/mol. The second-order valence-electron chi connectivity index (χ2n) is 6.85. The molecule has 1 atom stereocenters.